The van der Waals surface area contributed by atoms with Crippen LogP contribution in [0.5, 0.6) is 0 Å². The van der Waals surface area contributed by atoms with Gasteiger partial charge in [0.15, 0.2) is 11.5 Å². The molecule has 0 unspecified atom stereocenters. The maximum Gasteiger partial charge on any atom is 0.272 e. The number of aromatic amines is 1. The van der Waals surface area contributed by atoms with Crippen LogP contribution in [-0.2, 0) is 11.3 Å². The summed E-state index contributed by atoms with van der Waals surface area (Å²) < 4.78 is 5.27. The Morgan fingerprint density at radius 2 is 2.27 bits per heavy atom. The Labute approximate surface area is 149 Å². The summed E-state index contributed by atoms with van der Waals surface area (Å²) in [5.74, 6) is 1.03. The highest BCUT2D eigenvalue weighted by molar-refractivity contribution is 5.94. The molecule has 0 aliphatic carbocycles. The minimum absolute atomic E-state index is 0.0839. The van der Waals surface area contributed by atoms with Gasteiger partial charge in [0.2, 0.25) is 5.91 Å². The minimum Gasteiger partial charge on any atom is -0.463 e. The summed E-state index contributed by atoms with van der Waals surface area (Å²) in [5, 5.41) is 9.61. The summed E-state index contributed by atoms with van der Waals surface area (Å²) in [6, 6.07) is 8.82. The van der Waals surface area contributed by atoms with E-state index in [2.05, 4.69) is 20.5 Å². The Hall–Kier alpha value is -3.42. The number of rotatable bonds is 5. The van der Waals surface area contributed by atoms with Crippen molar-refractivity contribution in [3.8, 4) is 11.5 Å². The number of anilines is 1. The van der Waals surface area contributed by atoms with E-state index < -0.39 is 0 Å². The number of carbonyl (C=O) groups is 2. The van der Waals surface area contributed by atoms with Gasteiger partial charge in [0.1, 0.15) is 11.5 Å². The molecule has 3 aromatic rings. The fourth-order valence-electron chi connectivity index (χ4n) is 2.88. The molecule has 0 aromatic carbocycles. The van der Waals surface area contributed by atoms with Crippen LogP contribution < -0.4 is 10.2 Å². The van der Waals surface area contributed by atoms with Crippen molar-refractivity contribution >= 4 is 17.6 Å². The van der Waals surface area contributed by atoms with Crippen molar-refractivity contribution in [3.05, 3.63) is 54.0 Å². The number of nitrogens with one attached hydrogen (secondary N) is 2. The number of pyridine rings is 1. The van der Waals surface area contributed by atoms with Gasteiger partial charge in [0.05, 0.1) is 6.26 Å². The van der Waals surface area contributed by atoms with Gasteiger partial charge >= 0.3 is 0 Å². The largest absolute Gasteiger partial charge is 0.463 e. The first kappa shape index (κ1) is 16.1. The average molecular weight is 351 g/mol. The molecular formula is C18H17N5O3. The van der Waals surface area contributed by atoms with Crippen molar-refractivity contribution in [2.75, 3.05) is 11.4 Å². The van der Waals surface area contributed by atoms with Crippen molar-refractivity contribution in [2.45, 2.75) is 19.4 Å². The van der Waals surface area contributed by atoms with E-state index in [1.807, 2.05) is 12.1 Å². The Morgan fingerprint density at radius 3 is 3.04 bits per heavy atom. The topological polar surface area (TPSA) is 104 Å². The molecule has 1 fully saturated rings. The molecule has 26 heavy (non-hydrogen) atoms. The highest BCUT2D eigenvalue weighted by Crippen LogP contribution is 2.20. The number of nitrogens with zero attached hydrogens (tertiary/aromatic N) is 3. The standard InChI is InChI=1S/C18H17N5O3/c24-17-4-1-7-23(17)16-9-12(5-6-19-16)11-20-18(25)14-10-13(21-22-14)15-3-2-8-26-15/h2-3,5-6,8-10H,1,4,7,11H2,(H,20,25)(H,21,22). The Bertz CT molecular complexity index is 932. The molecule has 0 saturated carbocycles. The molecule has 4 rings (SSSR count). The first-order chi connectivity index (χ1) is 12.7. The van der Waals surface area contributed by atoms with Gasteiger partial charge in [-0.3, -0.25) is 19.6 Å². The number of hydrogen-bond donors (Lipinski definition) is 2. The maximum absolute atomic E-state index is 12.3. The van der Waals surface area contributed by atoms with E-state index >= 15 is 0 Å². The number of H-pyrrole nitrogens is 1. The lowest BCUT2D eigenvalue weighted by Crippen LogP contribution is -2.26. The van der Waals surface area contributed by atoms with Crippen molar-refractivity contribution in [2.24, 2.45) is 0 Å². The molecule has 1 saturated heterocycles. The van der Waals surface area contributed by atoms with Crippen LogP contribution in [0.2, 0.25) is 0 Å². The van der Waals surface area contributed by atoms with E-state index in [4.69, 9.17) is 4.42 Å². The smallest absolute Gasteiger partial charge is 0.272 e. The summed E-state index contributed by atoms with van der Waals surface area (Å²) in [4.78, 5) is 30.1. The number of aromatic nitrogens is 3. The van der Waals surface area contributed by atoms with E-state index in [1.165, 1.54) is 0 Å². The lowest BCUT2D eigenvalue weighted by molar-refractivity contribution is -0.117. The first-order valence-electron chi connectivity index (χ1n) is 8.33. The van der Waals surface area contributed by atoms with Crippen LogP contribution in [0.15, 0.2) is 47.2 Å². The lowest BCUT2D eigenvalue weighted by Gasteiger charge is -2.15. The third-order valence-corrected chi connectivity index (χ3v) is 4.21. The molecule has 0 radical (unpaired) electrons. The second kappa shape index (κ2) is 6.83. The molecule has 1 aliphatic heterocycles. The van der Waals surface area contributed by atoms with E-state index in [9.17, 15) is 9.59 Å². The van der Waals surface area contributed by atoms with Gasteiger partial charge in [0, 0.05) is 31.8 Å². The number of furan rings is 1. The zero-order chi connectivity index (χ0) is 17.9. The van der Waals surface area contributed by atoms with Gasteiger partial charge in [-0.2, -0.15) is 5.10 Å². The van der Waals surface area contributed by atoms with E-state index in [0.717, 1.165) is 12.0 Å². The Balaban J connectivity index is 1.41. The van der Waals surface area contributed by atoms with E-state index in [1.54, 1.807) is 35.6 Å². The SMILES string of the molecule is O=C(NCc1ccnc(N2CCCC2=O)c1)c1cc(-c2ccco2)[nH]n1. The summed E-state index contributed by atoms with van der Waals surface area (Å²) in [7, 11) is 0. The summed E-state index contributed by atoms with van der Waals surface area (Å²) >= 11 is 0. The van der Waals surface area contributed by atoms with Crippen molar-refractivity contribution in [1.29, 1.82) is 0 Å². The second-order valence-corrected chi connectivity index (χ2v) is 6.00. The van der Waals surface area contributed by atoms with Crippen molar-refractivity contribution in [3.63, 3.8) is 0 Å². The van der Waals surface area contributed by atoms with Crippen molar-refractivity contribution in [1.82, 2.24) is 20.5 Å². The van der Waals surface area contributed by atoms with Crippen molar-refractivity contribution < 1.29 is 14.0 Å². The maximum atomic E-state index is 12.3. The van der Waals surface area contributed by atoms with Gasteiger partial charge in [0.25, 0.3) is 5.91 Å². The third-order valence-electron chi connectivity index (χ3n) is 4.21. The normalized spacial score (nSPS) is 14.0. The summed E-state index contributed by atoms with van der Waals surface area (Å²) in [5.41, 5.74) is 1.78. The fraction of sp³-hybridized carbons (Fsp3) is 0.222. The van der Waals surface area contributed by atoms with Gasteiger partial charge in [-0.05, 0) is 36.2 Å². The number of hydrogen-bond acceptors (Lipinski definition) is 5. The molecule has 8 heteroatoms. The predicted octanol–water partition coefficient (Wildman–Crippen LogP) is 2.12. The molecule has 132 valence electrons. The Morgan fingerprint density at radius 1 is 1.35 bits per heavy atom. The first-order valence-corrected chi connectivity index (χ1v) is 8.33. The average Bonchev–Trinajstić information content (AvgIpc) is 3.40. The molecule has 0 bridgehead atoms. The predicted molar refractivity (Wildman–Crippen MR) is 93.3 cm³/mol. The molecule has 4 heterocycles. The van der Waals surface area contributed by atoms with Crippen LogP contribution >= 0.6 is 0 Å². The zero-order valence-electron chi connectivity index (χ0n) is 13.9. The van der Waals surface area contributed by atoms with E-state index in [-0.39, 0.29) is 17.5 Å². The van der Waals surface area contributed by atoms with Crippen LogP contribution in [0.4, 0.5) is 5.82 Å². The third kappa shape index (κ3) is 3.21. The van der Waals surface area contributed by atoms with Gasteiger partial charge in [-0.25, -0.2) is 4.98 Å². The van der Waals surface area contributed by atoms with Crippen LogP contribution in [0.1, 0.15) is 28.9 Å². The molecule has 3 aromatic heterocycles. The molecule has 8 nitrogen and oxygen atoms in total. The van der Waals surface area contributed by atoms with Crippen LogP contribution in [0.3, 0.4) is 0 Å². The minimum atomic E-state index is -0.297. The molecular weight excluding hydrogens is 334 g/mol. The quantitative estimate of drug-likeness (QED) is 0.733. The lowest BCUT2D eigenvalue weighted by atomic mass is 10.2. The monoisotopic (exact) mass is 351 g/mol. The fourth-order valence-corrected chi connectivity index (χ4v) is 2.88. The van der Waals surface area contributed by atoms with Crippen LogP contribution in [0, 0.1) is 0 Å². The summed E-state index contributed by atoms with van der Waals surface area (Å²) in [6.07, 6.45) is 4.60. The van der Waals surface area contributed by atoms with Gasteiger partial charge < -0.3 is 9.73 Å². The molecule has 2 amide bonds. The van der Waals surface area contributed by atoms with Crippen LogP contribution in [-0.4, -0.2) is 33.5 Å². The molecule has 2 N–H and O–H groups in total. The van der Waals surface area contributed by atoms with Crippen LogP contribution in [0.25, 0.3) is 11.5 Å². The molecule has 1 aliphatic rings. The summed E-state index contributed by atoms with van der Waals surface area (Å²) in [6.45, 7) is 1.00. The Kier molecular flexibility index (Phi) is 4.22. The highest BCUT2D eigenvalue weighted by Gasteiger charge is 2.22. The second-order valence-electron chi connectivity index (χ2n) is 6.00. The van der Waals surface area contributed by atoms with E-state index in [0.29, 0.717) is 36.8 Å². The zero-order valence-corrected chi connectivity index (χ0v) is 13.9. The van der Waals surface area contributed by atoms with Gasteiger partial charge in [-0.15, -0.1) is 0 Å². The van der Waals surface area contributed by atoms with Gasteiger partial charge in [-0.1, -0.05) is 0 Å². The number of carbonyl (C=O) groups excluding carboxylic acids is 2. The molecule has 0 atom stereocenters. The molecule has 0 spiro atoms. The number of amides is 2. The highest BCUT2D eigenvalue weighted by atomic mass is 16.3.